The minimum Gasteiger partial charge on any atom is -0.0654 e. The largest absolute Gasteiger partial charge is 0.0654 e. The lowest BCUT2D eigenvalue weighted by Gasteiger charge is -2.12. The van der Waals surface area contributed by atoms with Crippen LogP contribution in [0.5, 0.6) is 0 Å². The number of unbranched alkanes of at least 4 members (excludes halogenated alkanes) is 18. The maximum atomic E-state index is 2.42. The molecule has 0 aromatic heterocycles. The molecule has 0 radical (unpaired) electrons. The van der Waals surface area contributed by atoms with E-state index in [4.69, 9.17) is 0 Å². The number of aryl methyl sites for hydroxylation is 2. The molecule has 62 heavy (non-hydrogen) atoms. The molecule has 8 rings (SSSR count). The van der Waals surface area contributed by atoms with Crippen molar-refractivity contribution >= 4 is 53.9 Å². The first-order valence-corrected chi connectivity index (χ1v) is 25.1. The zero-order valence-electron chi connectivity index (χ0n) is 38.3. The number of hydrogen-bond acceptors (Lipinski definition) is 0. The SMILES string of the molecule is CCCCCCCCCCCCc1ccc2cc(-c3ccc4ccc5c6cc(-c7ccc8cc(CCCCCCCCCCCC)ccc8c7)ccc6ccc5c4c3)ccc2c1. The summed E-state index contributed by atoms with van der Waals surface area (Å²) in [5, 5.41) is 13.2. The number of fused-ring (bicyclic) bond motifs is 7. The predicted molar refractivity (Wildman–Crippen MR) is 276 cm³/mol. The lowest BCUT2D eigenvalue weighted by molar-refractivity contribution is 0.556. The number of hydrogen-bond donors (Lipinski definition) is 0. The maximum Gasteiger partial charge on any atom is -0.00987 e. The van der Waals surface area contributed by atoms with Crippen LogP contribution in [0.1, 0.15) is 153 Å². The van der Waals surface area contributed by atoms with Crippen molar-refractivity contribution in [3.8, 4) is 22.3 Å². The van der Waals surface area contributed by atoms with E-state index in [0.29, 0.717) is 0 Å². The van der Waals surface area contributed by atoms with E-state index in [1.54, 1.807) is 0 Å². The molecule has 320 valence electrons. The van der Waals surface area contributed by atoms with E-state index in [0.717, 1.165) is 0 Å². The smallest absolute Gasteiger partial charge is 0.00987 e. The van der Waals surface area contributed by atoms with Gasteiger partial charge in [0.05, 0.1) is 0 Å². The zero-order chi connectivity index (χ0) is 42.4. The van der Waals surface area contributed by atoms with Gasteiger partial charge < -0.3 is 0 Å². The summed E-state index contributed by atoms with van der Waals surface area (Å²) in [6.45, 7) is 4.60. The van der Waals surface area contributed by atoms with E-state index in [-0.39, 0.29) is 0 Å². The molecular formula is C62H72. The molecule has 0 aliphatic carbocycles. The van der Waals surface area contributed by atoms with Crippen LogP contribution < -0.4 is 0 Å². The molecular weight excluding hydrogens is 745 g/mol. The summed E-state index contributed by atoms with van der Waals surface area (Å²) in [6.07, 6.45) is 30.1. The Morgan fingerprint density at radius 2 is 0.516 bits per heavy atom. The van der Waals surface area contributed by atoms with Crippen LogP contribution in [0.15, 0.2) is 133 Å². The second-order valence-electron chi connectivity index (χ2n) is 18.8. The molecule has 0 nitrogen and oxygen atoms in total. The lowest BCUT2D eigenvalue weighted by Crippen LogP contribution is -1.88. The van der Waals surface area contributed by atoms with Gasteiger partial charge in [0.15, 0.2) is 0 Å². The predicted octanol–water partition coefficient (Wildman–Crippen LogP) is 19.7. The zero-order valence-corrected chi connectivity index (χ0v) is 38.3. The van der Waals surface area contributed by atoms with Gasteiger partial charge in [-0.05, 0) is 137 Å². The van der Waals surface area contributed by atoms with Gasteiger partial charge >= 0.3 is 0 Å². The van der Waals surface area contributed by atoms with Crippen molar-refractivity contribution in [2.75, 3.05) is 0 Å². The maximum absolute atomic E-state index is 2.42. The molecule has 0 N–H and O–H groups in total. The second kappa shape index (κ2) is 22.4. The third-order valence-corrected chi connectivity index (χ3v) is 14.0. The van der Waals surface area contributed by atoms with Crippen molar-refractivity contribution in [2.24, 2.45) is 0 Å². The highest BCUT2D eigenvalue weighted by Crippen LogP contribution is 2.37. The molecule has 0 heteroatoms. The highest BCUT2D eigenvalue weighted by Gasteiger charge is 2.10. The molecule has 0 amide bonds. The molecule has 8 aromatic rings. The number of benzene rings is 8. The van der Waals surface area contributed by atoms with Crippen LogP contribution in [0.4, 0.5) is 0 Å². The first kappa shape index (κ1) is 43.7. The minimum atomic E-state index is 1.19. The Balaban J connectivity index is 0.922. The third kappa shape index (κ3) is 11.4. The number of rotatable bonds is 24. The van der Waals surface area contributed by atoms with Gasteiger partial charge in [-0.2, -0.15) is 0 Å². The molecule has 0 aliphatic rings. The Morgan fingerprint density at radius 3 is 0.903 bits per heavy atom. The van der Waals surface area contributed by atoms with Crippen molar-refractivity contribution in [1.29, 1.82) is 0 Å². The van der Waals surface area contributed by atoms with Gasteiger partial charge in [0.25, 0.3) is 0 Å². The van der Waals surface area contributed by atoms with Crippen LogP contribution in [0, 0.1) is 0 Å². The topological polar surface area (TPSA) is 0 Å². The molecule has 0 spiro atoms. The van der Waals surface area contributed by atoms with E-state index >= 15 is 0 Å². The van der Waals surface area contributed by atoms with Gasteiger partial charge in [-0.15, -0.1) is 0 Å². The first-order chi connectivity index (χ1) is 30.7. The Hall–Kier alpha value is -4.94. The lowest BCUT2D eigenvalue weighted by atomic mass is 9.92. The minimum absolute atomic E-state index is 1.19. The van der Waals surface area contributed by atoms with E-state index in [1.807, 2.05) is 0 Å². The average molecular weight is 817 g/mol. The monoisotopic (exact) mass is 817 g/mol. The van der Waals surface area contributed by atoms with Gasteiger partial charge in [-0.25, -0.2) is 0 Å². The van der Waals surface area contributed by atoms with Gasteiger partial charge in [-0.3, -0.25) is 0 Å². The Labute approximate surface area is 374 Å². The Kier molecular flexibility index (Phi) is 15.8. The fraction of sp³-hybridized carbons (Fsp3) is 0.387. The second-order valence-corrected chi connectivity index (χ2v) is 18.8. The normalized spacial score (nSPS) is 11.8. The average Bonchev–Trinajstić information content (AvgIpc) is 3.31. The van der Waals surface area contributed by atoms with Gasteiger partial charge in [0.2, 0.25) is 0 Å². The molecule has 8 aromatic carbocycles. The van der Waals surface area contributed by atoms with Crippen LogP contribution >= 0.6 is 0 Å². The molecule has 0 atom stereocenters. The summed E-state index contributed by atoms with van der Waals surface area (Å²) >= 11 is 0. The van der Waals surface area contributed by atoms with E-state index in [1.165, 1.54) is 229 Å². The highest BCUT2D eigenvalue weighted by atomic mass is 14.1. The Bertz CT molecular complexity index is 2490. The van der Waals surface area contributed by atoms with Crippen molar-refractivity contribution in [3.05, 3.63) is 145 Å². The van der Waals surface area contributed by atoms with E-state index in [9.17, 15) is 0 Å². The molecule has 0 unspecified atom stereocenters. The summed E-state index contributed by atoms with van der Waals surface area (Å²) in [5.41, 5.74) is 8.06. The summed E-state index contributed by atoms with van der Waals surface area (Å²) in [4.78, 5) is 0. The quantitative estimate of drug-likeness (QED) is 0.0421. The van der Waals surface area contributed by atoms with Crippen molar-refractivity contribution < 1.29 is 0 Å². The van der Waals surface area contributed by atoms with E-state index in [2.05, 4.69) is 147 Å². The Morgan fingerprint density at radius 1 is 0.226 bits per heavy atom. The molecule has 0 fully saturated rings. The van der Waals surface area contributed by atoms with Crippen LogP contribution in [0.25, 0.3) is 76.1 Å². The van der Waals surface area contributed by atoms with Crippen molar-refractivity contribution in [3.63, 3.8) is 0 Å². The summed E-state index contributed by atoms with van der Waals surface area (Å²) < 4.78 is 0. The van der Waals surface area contributed by atoms with Crippen molar-refractivity contribution in [1.82, 2.24) is 0 Å². The molecule has 0 saturated heterocycles. The molecule has 0 bridgehead atoms. The molecule has 0 aliphatic heterocycles. The standard InChI is InChI=1S/C62H72/c1-3-5-7-9-11-13-15-17-19-21-23-47-25-27-53-43-55(35-33-51(53)41-47)57-31-29-49-37-40-60-59(61(49)45-57)39-38-50-30-32-58(46-62(50)60)56-36-34-52-42-48(26-28-54(52)44-56)24-22-20-18-16-14-12-10-8-6-4-2/h25-46H,3-24H2,1-2H3. The van der Waals surface area contributed by atoms with Crippen LogP contribution in [-0.4, -0.2) is 0 Å². The van der Waals surface area contributed by atoms with Crippen LogP contribution in [0.2, 0.25) is 0 Å². The van der Waals surface area contributed by atoms with Gasteiger partial charge in [-0.1, -0.05) is 239 Å². The van der Waals surface area contributed by atoms with Gasteiger partial charge in [0.1, 0.15) is 0 Å². The molecule has 0 heterocycles. The summed E-state index contributed by atoms with van der Waals surface area (Å²) in [6, 6.07) is 51.7. The fourth-order valence-corrected chi connectivity index (χ4v) is 10.1. The summed E-state index contributed by atoms with van der Waals surface area (Å²) in [5.74, 6) is 0. The third-order valence-electron chi connectivity index (χ3n) is 14.0. The fourth-order valence-electron chi connectivity index (χ4n) is 10.1. The highest BCUT2D eigenvalue weighted by molar-refractivity contribution is 6.18. The van der Waals surface area contributed by atoms with Crippen molar-refractivity contribution in [2.45, 2.75) is 155 Å². The van der Waals surface area contributed by atoms with E-state index < -0.39 is 0 Å². The first-order valence-electron chi connectivity index (χ1n) is 25.1. The molecule has 0 saturated carbocycles. The van der Waals surface area contributed by atoms with Crippen LogP contribution in [0.3, 0.4) is 0 Å². The summed E-state index contributed by atoms with van der Waals surface area (Å²) in [7, 11) is 0. The van der Waals surface area contributed by atoms with Crippen LogP contribution in [-0.2, 0) is 12.8 Å². The van der Waals surface area contributed by atoms with Gasteiger partial charge in [0, 0.05) is 0 Å².